The summed E-state index contributed by atoms with van der Waals surface area (Å²) >= 11 is 0. The molecule has 0 bridgehead atoms. The van der Waals surface area contributed by atoms with Gasteiger partial charge in [0.25, 0.3) is 0 Å². The van der Waals surface area contributed by atoms with Gasteiger partial charge in [-0.05, 0) is 18.1 Å². The van der Waals surface area contributed by atoms with Crippen LogP contribution in [0.5, 0.6) is 0 Å². The van der Waals surface area contributed by atoms with E-state index in [2.05, 4.69) is 13.0 Å². The van der Waals surface area contributed by atoms with Crippen molar-refractivity contribution in [3.63, 3.8) is 0 Å². The highest BCUT2D eigenvalue weighted by Crippen LogP contribution is 2.21. The van der Waals surface area contributed by atoms with E-state index in [-0.39, 0.29) is 12.4 Å². The molecule has 0 aliphatic rings. The molecule has 0 saturated carbocycles. The Morgan fingerprint density at radius 2 is 2.06 bits per heavy atom. The molecule has 0 aromatic heterocycles. The summed E-state index contributed by atoms with van der Waals surface area (Å²) in [6, 6.07) is 8.79. The zero-order valence-corrected chi connectivity index (χ0v) is 10.8. The third-order valence-electron chi connectivity index (χ3n) is 2.71. The number of aliphatic hydroxyl groups excluding tert-OH is 1. The Morgan fingerprint density at radius 1 is 1.41 bits per heavy atom. The van der Waals surface area contributed by atoms with Crippen molar-refractivity contribution < 1.29 is 5.11 Å². The maximum atomic E-state index is 9.89. The number of aliphatic hydroxyl groups is 1. The van der Waals surface area contributed by atoms with E-state index in [9.17, 15) is 5.11 Å². The van der Waals surface area contributed by atoms with Crippen LogP contribution in [0.2, 0.25) is 0 Å². The molecule has 0 amide bonds. The molecule has 3 N–H and O–H groups in total. The average Bonchev–Trinajstić information content (AvgIpc) is 2.34. The van der Waals surface area contributed by atoms with Crippen LogP contribution in [0.25, 0.3) is 0 Å². The van der Waals surface area contributed by atoms with Crippen LogP contribution >= 0.6 is 12.4 Å². The van der Waals surface area contributed by atoms with E-state index in [1.54, 1.807) is 18.2 Å². The number of halogens is 1. The highest BCUT2D eigenvalue weighted by molar-refractivity contribution is 5.85. The van der Waals surface area contributed by atoms with Crippen molar-refractivity contribution in [1.82, 2.24) is 0 Å². The van der Waals surface area contributed by atoms with Crippen molar-refractivity contribution in [1.29, 1.82) is 5.26 Å². The fourth-order valence-electron chi connectivity index (χ4n) is 1.69. The fourth-order valence-corrected chi connectivity index (χ4v) is 1.69. The molecule has 0 radical (unpaired) electrons. The van der Waals surface area contributed by atoms with Crippen LogP contribution in [-0.4, -0.2) is 11.2 Å². The van der Waals surface area contributed by atoms with E-state index in [0.29, 0.717) is 12.0 Å². The van der Waals surface area contributed by atoms with Crippen molar-refractivity contribution in [2.75, 3.05) is 0 Å². The maximum Gasteiger partial charge on any atom is 0.0995 e. The largest absolute Gasteiger partial charge is 0.391 e. The normalized spacial score (nSPS) is 13.3. The van der Waals surface area contributed by atoms with Crippen LogP contribution in [-0.2, 0) is 0 Å². The molecule has 3 nitrogen and oxygen atoms in total. The molecule has 0 spiro atoms. The summed E-state index contributed by atoms with van der Waals surface area (Å²) in [5.41, 5.74) is 7.23. The molecule has 1 rings (SSSR count). The van der Waals surface area contributed by atoms with Gasteiger partial charge in [0, 0.05) is 0 Å². The van der Waals surface area contributed by atoms with Crippen molar-refractivity contribution in [2.45, 2.75) is 38.3 Å². The first-order valence-electron chi connectivity index (χ1n) is 5.63. The molecule has 1 aromatic rings. The van der Waals surface area contributed by atoms with Gasteiger partial charge in [-0.15, -0.1) is 12.4 Å². The molecule has 0 aliphatic heterocycles. The molecule has 94 valence electrons. The van der Waals surface area contributed by atoms with Gasteiger partial charge in [0.1, 0.15) is 0 Å². The van der Waals surface area contributed by atoms with Crippen LogP contribution in [0.4, 0.5) is 0 Å². The van der Waals surface area contributed by atoms with Crippen molar-refractivity contribution >= 4 is 12.4 Å². The zero-order valence-electron chi connectivity index (χ0n) is 9.97. The van der Waals surface area contributed by atoms with Gasteiger partial charge in [-0.2, -0.15) is 5.26 Å². The monoisotopic (exact) mass is 254 g/mol. The van der Waals surface area contributed by atoms with Gasteiger partial charge in [0.2, 0.25) is 0 Å². The molecular formula is C13H19ClN2O. The third-order valence-corrected chi connectivity index (χ3v) is 2.71. The molecule has 17 heavy (non-hydrogen) atoms. The molecule has 2 atom stereocenters. The Balaban J connectivity index is 0.00000256. The predicted octanol–water partition coefficient (Wildman–Crippen LogP) is 2.53. The zero-order chi connectivity index (χ0) is 12.0. The van der Waals surface area contributed by atoms with Crippen molar-refractivity contribution in [2.24, 2.45) is 5.73 Å². The predicted molar refractivity (Wildman–Crippen MR) is 70.9 cm³/mol. The minimum Gasteiger partial charge on any atom is -0.391 e. The van der Waals surface area contributed by atoms with Gasteiger partial charge in [-0.1, -0.05) is 38.0 Å². The van der Waals surface area contributed by atoms with Crippen LogP contribution in [0.3, 0.4) is 0 Å². The van der Waals surface area contributed by atoms with Crippen LogP contribution < -0.4 is 5.73 Å². The molecule has 0 heterocycles. The first-order chi connectivity index (χ1) is 7.70. The van der Waals surface area contributed by atoms with E-state index in [1.807, 2.05) is 6.07 Å². The first kappa shape index (κ1) is 15.9. The number of benzene rings is 1. The summed E-state index contributed by atoms with van der Waals surface area (Å²) in [6.07, 6.45) is 2.08. The van der Waals surface area contributed by atoms with E-state index in [0.717, 1.165) is 18.4 Å². The SMILES string of the molecule is CCCC[C@@H](O)[C@@H](N)c1ccccc1C#N.Cl. The number of hydrogen-bond acceptors (Lipinski definition) is 3. The molecule has 4 heteroatoms. The molecule has 0 saturated heterocycles. The van der Waals surface area contributed by atoms with Crippen molar-refractivity contribution in [3.05, 3.63) is 35.4 Å². The van der Waals surface area contributed by atoms with E-state index >= 15 is 0 Å². The second kappa shape index (κ2) is 8.08. The van der Waals surface area contributed by atoms with Gasteiger partial charge >= 0.3 is 0 Å². The molecule has 0 aliphatic carbocycles. The van der Waals surface area contributed by atoms with E-state index < -0.39 is 12.1 Å². The quantitative estimate of drug-likeness (QED) is 0.848. The number of hydrogen-bond donors (Lipinski definition) is 2. The Kier molecular flexibility index (Phi) is 7.56. The fraction of sp³-hybridized carbons (Fsp3) is 0.462. The lowest BCUT2D eigenvalue weighted by atomic mass is 9.95. The Bertz CT molecular complexity index is 376. The van der Waals surface area contributed by atoms with E-state index in [4.69, 9.17) is 11.0 Å². The maximum absolute atomic E-state index is 9.89. The highest BCUT2D eigenvalue weighted by Gasteiger charge is 2.18. The molecule has 0 fully saturated rings. The summed E-state index contributed by atoms with van der Waals surface area (Å²) in [6.45, 7) is 2.07. The standard InChI is InChI=1S/C13H18N2O.ClH/c1-2-3-8-12(16)13(15)11-7-5-4-6-10(11)9-14;/h4-7,12-13,16H,2-3,8,15H2,1H3;1H/t12-,13+;/m1./s1. The number of nitrogens with two attached hydrogens (primary N) is 1. The highest BCUT2D eigenvalue weighted by atomic mass is 35.5. The summed E-state index contributed by atoms with van der Waals surface area (Å²) in [7, 11) is 0. The Hall–Kier alpha value is -1.08. The minimum atomic E-state index is -0.575. The lowest BCUT2D eigenvalue weighted by Gasteiger charge is -2.19. The van der Waals surface area contributed by atoms with Gasteiger partial charge in [-0.3, -0.25) is 0 Å². The van der Waals surface area contributed by atoms with Gasteiger partial charge in [-0.25, -0.2) is 0 Å². The van der Waals surface area contributed by atoms with Crippen LogP contribution in [0, 0.1) is 11.3 Å². The lowest BCUT2D eigenvalue weighted by Crippen LogP contribution is -2.26. The Labute approximate surface area is 109 Å². The molecule has 0 unspecified atom stereocenters. The van der Waals surface area contributed by atoms with Gasteiger partial charge < -0.3 is 10.8 Å². The number of rotatable bonds is 5. The summed E-state index contributed by atoms with van der Waals surface area (Å²) < 4.78 is 0. The molecular weight excluding hydrogens is 236 g/mol. The van der Waals surface area contributed by atoms with E-state index in [1.165, 1.54) is 0 Å². The van der Waals surface area contributed by atoms with Gasteiger partial charge in [0.05, 0.1) is 23.8 Å². The second-order valence-electron chi connectivity index (χ2n) is 3.93. The smallest absolute Gasteiger partial charge is 0.0995 e. The van der Waals surface area contributed by atoms with Crippen molar-refractivity contribution in [3.8, 4) is 6.07 Å². The average molecular weight is 255 g/mol. The Morgan fingerprint density at radius 3 is 2.65 bits per heavy atom. The second-order valence-corrected chi connectivity index (χ2v) is 3.93. The number of nitriles is 1. The van der Waals surface area contributed by atoms with Crippen LogP contribution in [0.15, 0.2) is 24.3 Å². The summed E-state index contributed by atoms with van der Waals surface area (Å²) in [4.78, 5) is 0. The topological polar surface area (TPSA) is 70.0 Å². The summed E-state index contributed by atoms with van der Waals surface area (Å²) in [5.74, 6) is 0. The van der Waals surface area contributed by atoms with Crippen LogP contribution in [0.1, 0.15) is 43.4 Å². The number of unbranched alkanes of at least 4 members (excludes halogenated alkanes) is 1. The number of nitrogens with zero attached hydrogens (tertiary/aromatic N) is 1. The van der Waals surface area contributed by atoms with Gasteiger partial charge in [0.15, 0.2) is 0 Å². The third kappa shape index (κ3) is 4.35. The first-order valence-corrected chi connectivity index (χ1v) is 5.63. The lowest BCUT2D eigenvalue weighted by molar-refractivity contribution is 0.132. The summed E-state index contributed by atoms with van der Waals surface area (Å²) in [5, 5.41) is 18.8. The molecule has 1 aromatic carbocycles. The minimum absolute atomic E-state index is 0.